The molecule has 2 amide bonds. The Hall–Kier alpha value is -2.94. The number of likely N-dealkylation sites (N-methyl/N-ethyl adjacent to an activating group) is 1. The van der Waals surface area contributed by atoms with Crippen molar-refractivity contribution >= 4 is 35.7 Å². The van der Waals surface area contributed by atoms with Crippen molar-refractivity contribution in [1.82, 2.24) is 10.2 Å². The highest BCUT2D eigenvalue weighted by molar-refractivity contribution is 7.92. The number of benzene rings is 2. The maximum absolute atomic E-state index is 13.8. The molecule has 2 heterocycles. The van der Waals surface area contributed by atoms with Crippen LogP contribution in [-0.2, 0) is 23.9 Å². The minimum absolute atomic E-state index is 0.0144. The van der Waals surface area contributed by atoms with Crippen LogP contribution in [0.5, 0.6) is 5.75 Å². The van der Waals surface area contributed by atoms with Crippen molar-refractivity contribution in [3.63, 3.8) is 0 Å². The summed E-state index contributed by atoms with van der Waals surface area (Å²) in [5.41, 5.74) is 0.920. The number of carbonyl (C=O) groups is 2. The SMILES string of the molecule is CCNC(=O)C(c1ccc2c(c1)NC(=O)CS2(=O)=O)[C@H](CN1CC[C@H](O[Si](C)(C)C(C)(C)C)C1)c1cccc(OC(F)(F)F)c1. The number of amides is 2. The average molecular weight is 670 g/mol. The standard InChI is InChI=1S/C31H42F3N3O6SSi/c1-7-35-29(39)28(21-11-12-26-25(16-21)36-27(38)19-44(26,40)41)24(20-9-8-10-22(15-20)42-31(32,33)34)18-37-14-13-23(17-37)43-45(5,6)30(2,3)4/h8-12,15-16,23-24,28H,7,13-14,17-19H2,1-6H3,(H,35,39)(H,36,38)/t23-,24+,28?/m0/s1. The molecular formula is C31H42F3N3O6SSi. The smallest absolute Gasteiger partial charge is 0.413 e. The second kappa shape index (κ2) is 13.0. The maximum atomic E-state index is 13.8. The number of hydrogen-bond donors (Lipinski definition) is 2. The fraction of sp³-hybridized carbons (Fsp3) is 0.548. The molecule has 2 N–H and O–H groups in total. The summed E-state index contributed by atoms with van der Waals surface area (Å²) >= 11 is 0. The molecule has 0 bridgehead atoms. The second-order valence-corrected chi connectivity index (χ2v) is 19.9. The van der Waals surface area contributed by atoms with E-state index in [0.29, 0.717) is 37.3 Å². The average Bonchev–Trinajstić information content (AvgIpc) is 3.32. The molecule has 2 aromatic carbocycles. The van der Waals surface area contributed by atoms with Gasteiger partial charge in [0.15, 0.2) is 18.2 Å². The highest BCUT2D eigenvalue weighted by Crippen LogP contribution is 2.41. The van der Waals surface area contributed by atoms with Crippen LogP contribution in [0.15, 0.2) is 47.4 Å². The first-order valence-corrected chi connectivity index (χ1v) is 19.6. The monoisotopic (exact) mass is 669 g/mol. The molecule has 2 aliphatic heterocycles. The van der Waals surface area contributed by atoms with E-state index in [1.54, 1.807) is 13.0 Å². The van der Waals surface area contributed by atoms with Crippen molar-refractivity contribution in [3.8, 4) is 5.75 Å². The minimum Gasteiger partial charge on any atom is -0.413 e. The minimum atomic E-state index is -4.90. The topological polar surface area (TPSA) is 114 Å². The number of nitrogens with one attached hydrogen (secondary N) is 2. The zero-order chi connectivity index (χ0) is 33.4. The van der Waals surface area contributed by atoms with Crippen molar-refractivity contribution in [2.75, 3.05) is 37.2 Å². The normalized spacial score (nSPS) is 20.2. The molecule has 9 nitrogen and oxygen atoms in total. The van der Waals surface area contributed by atoms with Crippen LogP contribution in [0.4, 0.5) is 18.9 Å². The van der Waals surface area contributed by atoms with Crippen LogP contribution in [0.2, 0.25) is 18.1 Å². The Morgan fingerprint density at radius 2 is 1.84 bits per heavy atom. The first kappa shape index (κ1) is 34.9. The van der Waals surface area contributed by atoms with Crippen LogP contribution >= 0.6 is 0 Å². The summed E-state index contributed by atoms with van der Waals surface area (Å²) in [5.74, 6) is -3.78. The third-order valence-corrected chi connectivity index (χ3v) is 15.0. The van der Waals surface area contributed by atoms with Gasteiger partial charge in [0, 0.05) is 32.1 Å². The molecule has 2 aromatic rings. The zero-order valence-corrected chi connectivity index (χ0v) is 28.3. The Morgan fingerprint density at radius 3 is 2.49 bits per heavy atom. The van der Waals surface area contributed by atoms with E-state index in [1.807, 2.05) is 0 Å². The van der Waals surface area contributed by atoms with Crippen molar-refractivity contribution in [3.05, 3.63) is 53.6 Å². The third-order valence-electron chi connectivity index (χ3n) is 8.80. The molecule has 0 aromatic heterocycles. The van der Waals surface area contributed by atoms with Gasteiger partial charge in [0.2, 0.25) is 11.8 Å². The van der Waals surface area contributed by atoms with Gasteiger partial charge in [0.05, 0.1) is 22.6 Å². The fourth-order valence-corrected chi connectivity index (χ4v) is 8.35. The van der Waals surface area contributed by atoms with Crippen molar-refractivity contribution < 1.29 is 40.3 Å². The van der Waals surface area contributed by atoms with Gasteiger partial charge < -0.3 is 24.7 Å². The van der Waals surface area contributed by atoms with E-state index in [4.69, 9.17) is 4.43 Å². The summed E-state index contributed by atoms with van der Waals surface area (Å²) < 4.78 is 75.8. The molecule has 2 aliphatic rings. The van der Waals surface area contributed by atoms with Crippen LogP contribution < -0.4 is 15.4 Å². The van der Waals surface area contributed by atoms with Gasteiger partial charge in [-0.1, -0.05) is 39.0 Å². The lowest BCUT2D eigenvalue weighted by Gasteiger charge is -2.38. The summed E-state index contributed by atoms with van der Waals surface area (Å²) in [6, 6.07) is 9.97. The number of nitrogens with zero attached hydrogens (tertiary/aromatic N) is 1. The summed E-state index contributed by atoms with van der Waals surface area (Å²) in [7, 11) is -5.93. The lowest BCUT2D eigenvalue weighted by Crippen LogP contribution is -2.44. The molecule has 248 valence electrons. The predicted octanol–water partition coefficient (Wildman–Crippen LogP) is 5.41. The van der Waals surface area contributed by atoms with Crippen molar-refractivity contribution in [2.45, 2.75) is 81.4 Å². The van der Waals surface area contributed by atoms with E-state index >= 15 is 0 Å². The quantitative estimate of drug-likeness (QED) is 0.325. The largest absolute Gasteiger partial charge is 0.573 e. The Bertz CT molecular complexity index is 1530. The van der Waals surface area contributed by atoms with Gasteiger partial charge in [-0.25, -0.2) is 8.42 Å². The van der Waals surface area contributed by atoms with E-state index in [2.05, 4.69) is 54.1 Å². The van der Waals surface area contributed by atoms with Crippen LogP contribution in [0.3, 0.4) is 0 Å². The number of hydrogen-bond acceptors (Lipinski definition) is 7. The van der Waals surface area contributed by atoms with Gasteiger partial charge in [0.25, 0.3) is 0 Å². The molecule has 45 heavy (non-hydrogen) atoms. The van der Waals surface area contributed by atoms with Gasteiger partial charge in [0.1, 0.15) is 11.5 Å². The van der Waals surface area contributed by atoms with Crippen molar-refractivity contribution in [1.29, 1.82) is 0 Å². The number of alkyl halides is 3. The predicted molar refractivity (Wildman–Crippen MR) is 168 cm³/mol. The Balaban J connectivity index is 1.76. The number of ether oxygens (including phenoxy) is 1. The fourth-order valence-electron chi connectivity index (χ4n) is 5.67. The molecule has 3 atom stereocenters. The third kappa shape index (κ3) is 8.46. The lowest BCUT2D eigenvalue weighted by atomic mass is 9.80. The number of anilines is 1. The number of halogens is 3. The molecule has 0 saturated carbocycles. The molecule has 0 aliphatic carbocycles. The van der Waals surface area contributed by atoms with Gasteiger partial charge >= 0.3 is 6.36 Å². The molecular weight excluding hydrogens is 628 g/mol. The van der Waals surface area contributed by atoms with E-state index in [9.17, 15) is 31.2 Å². The number of carbonyl (C=O) groups excluding carboxylic acids is 2. The number of fused-ring (bicyclic) bond motifs is 1. The molecule has 1 fully saturated rings. The van der Waals surface area contributed by atoms with E-state index in [0.717, 1.165) is 6.42 Å². The lowest BCUT2D eigenvalue weighted by molar-refractivity contribution is -0.274. The molecule has 1 unspecified atom stereocenters. The van der Waals surface area contributed by atoms with Crippen molar-refractivity contribution in [2.24, 2.45) is 0 Å². The van der Waals surface area contributed by atoms with Gasteiger partial charge in [-0.3, -0.25) is 9.59 Å². The van der Waals surface area contributed by atoms with Crippen LogP contribution in [0, 0.1) is 0 Å². The first-order chi connectivity index (χ1) is 20.8. The summed E-state index contributed by atoms with van der Waals surface area (Å²) in [6.45, 7) is 14.5. The maximum Gasteiger partial charge on any atom is 0.573 e. The Kier molecular flexibility index (Phi) is 10.1. The molecule has 14 heteroatoms. The summed E-state index contributed by atoms with van der Waals surface area (Å²) in [4.78, 5) is 28.1. The van der Waals surface area contributed by atoms with Crippen LogP contribution in [-0.4, -0.2) is 77.8 Å². The Labute approximate surface area is 263 Å². The first-order valence-electron chi connectivity index (χ1n) is 15.0. The second-order valence-electron chi connectivity index (χ2n) is 13.2. The Morgan fingerprint density at radius 1 is 1.13 bits per heavy atom. The molecule has 1 saturated heterocycles. The van der Waals surface area contributed by atoms with E-state index in [1.165, 1.54) is 36.4 Å². The summed E-state index contributed by atoms with van der Waals surface area (Å²) in [6.07, 6.45) is -4.16. The summed E-state index contributed by atoms with van der Waals surface area (Å²) in [5, 5.41) is 5.44. The number of sulfone groups is 1. The van der Waals surface area contributed by atoms with Gasteiger partial charge in [-0.2, -0.15) is 0 Å². The van der Waals surface area contributed by atoms with E-state index < -0.39 is 53.8 Å². The number of rotatable bonds is 10. The highest BCUT2D eigenvalue weighted by atomic mass is 32.2. The molecule has 0 spiro atoms. The molecule has 4 rings (SSSR count). The van der Waals surface area contributed by atoms with Crippen LogP contribution in [0.25, 0.3) is 0 Å². The van der Waals surface area contributed by atoms with Gasteiger partial charge in [-0.15, -0.1) is 13.2 Å². The van der Waals surface area contributed by atoms with Gasteiger partial charge in [-0.05, 0) is 66.9 Å². The molecule has 0 radical (unpaired) electrons. The van der Waals surface area contributed by atoms with Crippen LogP contribution in [0.1, 0.15) is 57.1 Å². The highest BCUT2D eigenvalue weighted by Gasteiger charge is 2.42. The number of likely N-dealkylation sites (tertiary alicyclic amines) is 1. The van der Waals surface area contributed by atoms with E-state index in [-0.39, 0.29) is 27.6 Å². The zero-order valence-electron chi connectivity index (χ0n) is 26.5.